The Kier molecular flexibility index (Phi) is 2.85. The maximum absolute atomic E-state index is 12.9. The predicted molar refractivity (Wildman–Crippen MR) is 54.0 cm³/mol. The van der Waals surface area contributed by atoms with Gasteiger partial charge in [-0.15, -0.1) is 0 Å². The van der Waals surface area contributed by atoms with Gasteiger partial charge in [0.05, 0.1) is 12.0 Å². The zero-order chi connectivity index (χ0) is 9.97. The first kappa shape index (κ1) is 9.69. The monoisotopic (exact) mass is 196 g/mol. The van der Waals surface area contributed by atoms with Crippen molar-refractivity contribution in [1.82, 2.24) is 9.55 Å². The molecule has 14 heavy (non-hydrogen) atoms. The van der Waals surface area contributed by atoms with Crippen LogP contribution in [0.25, 0.3) is 0 Å². The van der Waals surface area contributed by atoms with Gasteiger partial charge in [-0.3, -0.25) is 0 Å². The Balaban J connectivity index is 2.01. The maximum Gasteiger partial charge on any atom is 0.100 e. The quantitative estimate of drug-likeness (QED) is 0.711. The standard InChI is InChI=1S/C11H17FN2/c1-2-10-7-14(8-13-10)11-5-3-9(12)4-6-11/h7-9,11H,2-6H2,1H3. The molecular formula is C11H17FN2. The molecule has 0 N–H and O–H groups in total. The summed E-state index contributed by atoms with van der Waals surface area (Å²) in [5.41, 5.74) is 1.13. The first-order valence-electron chi connectivity index (χ1n) is 5.46. The van der Waals surface area contributed by atoms with E-state index >= 15 is 0 Å². The van der Waals surface area contributed by atoms with Crippen molar-refractivity contribution in [2.24, 2.45) is 0 Å². The number of aryl methyl sites for hydroxylation is 1. The van der Waals surface area contributed by atoms with Crippen LogP contribution < -0.4 is 0 Å². The topological polar surface area (TPSA) is 17.8 Å². The van der Waals surface area contributed by atoms with E-state index in [2.05, 4.69) is 22.7 Å². The molecular weight excluding hydrogens is 179 g/mol. The van der Waals surface area contributed by atoms with E-state index in [0.29, 0.717) is 18.9 Å². The highest BCUT2D eigenvalue weighted by atomic mass is 19.1. The second-order valence-electron chi connectivity index (χ2n) is 4.07. The van der Waals surface area contributed by atoms with Gasteiger partial charge in [0.25, 0.3) is 0 Å². The molecule has 2 nitrogen and oxygen atoms in total. The van der Waals surface area contributed by atoms with E-state index in [1.54, 1.807) is 0 Å². The molecule has 0 amide bonds. The lowest BCUT2D eigenvalue weighted by molar-refractivity contribution is 0.209. The van der Waals surface area contributed by atoms with E-state index in [1.165, 1.54) is 0 Å². The van der Waals surface area contributed by atoms with Crippen LogP contribution in [0.3, 0.4) is 0 Å². The third-order valence-electron chi connectivity index (χ3n) is 3.07. The first-order valence-corrected chi connectivity index (χ1v) is 5.46. The number of imidazole rings is 1. The SMILES string of the molecule is CCc1cn(C2CCC(F)CC2)cn1. The van der Waals surface area contributed by atoms with Gasteiger partial charge in [-0.05, 0) is 32.1 Å². The molecule has 0 atom stereocenters. The number of hydrogen-bond acceptors (Lipinski definition) is 1. The van der Waals surface area contributed by atoms with Gasteiger partial charge in [0, 0.05) is 12.2 Å². The van der Waals surface area contributed by atoms with Crippen LogP contribution in [0.15, 0.2) is 12.5 Å². The largest absolute Gasteiger partial charge is 0.334 e. The zero-order valence-corrected chi connectivity index (χ0v) is 8.62. The third kappa shape index (κ3) is 1.97. The van der Waals surface area contributed by atoms with Crippen molar-refractivity contribution in [2.45, 2.75) is 51.2 Å². The molecule has 0 aromatic carbocycles. The van der Waals surface area contributed by atoms with Crippen LogP contribution in [-0.2, 0) is 6.42 Å². The summed E-state index contributed by atoms with van der Waals surface area (Å²) in [7, 11) is 0. The normalized spacial score (nSPS) is 27.9. The van der Waals surface area contributed by atoms with E-state index < -0.39 is 6.17 Å². The number of alkyl halides is 1. The summed E-state index contributed by atoms with van der Waals surface area (Å²) in [6.45, 7) is 2.10. The van der Waals surface area contributed by atoms with Gasteiger partial charge in [-0.25, -0.2) is 9.37 Å². The molecule has 1 heterocycles. The molecule has 1 fully saturated rings. The van der Waals surface area contributed by atoms with Crippen LogP contribution in [0.1, 0.15) is 44.3 Å². The molecule has 0 radical (unpaired) electrons. The van der Waals surface area contributed by atoms with Crippen LogP contribution in [0, 0.1) is 0 Å². The maximum atomic E-state index is 12.9. The van der Waals surface area contributed by atoms with E-state index in [4.69, 9.17) is 0 Å². The number of halogens is 1. The van der Waals surface area contributed by atoms with E-state index in [9.17, 15) is 4.39 Å². The molecule has 78 valence electrons. The van der Waals surface area contributed by atoms with Gasteiger partial charge < -0.3 is 4.57 Å². The van der Waals surface area contributed by atoms with Gasteiger partial charge in [-0.2, -0.15) is 0 Å². The van der Waals surface area contributed by atoms with Crippen LogP contribution in [-0.4, -0.2) is 15.7 Å². The third-order valence-corrected chi connectivity index (χ3v) is 3.07. The minimum absolute atomic E-state index is 0.481. The second kappa shape index (κ2) is 4.11. The van der Waals surface area contributed by atoms with Crippen LogP contribution in [0.2, 0.25) is 0 Å². The highest BCUT2D eigenvalue weighted by molar-refractivity contribution is 4.98. The number of rotatable bonds is 2. The predicted octanol–water partition coefficient (Wildman–Crippen LogP) is 2.90. The molecule has 0 spiro atoms. The Morgan fingerprint density at radius 2 is 2.14 bits per heavy atom. The molecule has 0 bridgehead atoms. The molecule has 0 aliphatic heterocycles. The fourth-order valence-electron chi connectivity index (χ4n) is 2.10. The lowest BCUT2D eigenvalue weighted by Crippen LogP contribution is -2.17. The van der Waals surface area contributed by atoms with Gasteiger partial charge >= 0.3 is 0 Å². The van der Waals surface area contributed by atoms with E-state index in [0.717, 1.165) is 25.0 Å². The molecule has 1 aromatic rings. The van der Waals surface area contributed by atoms with E-state index in [-0.39, 0.29) is 0 Å². The lowest BCUT2D eigenvalue weighted by atomic mass is 9.94. The van der Waals surface area contributed by atoms with Gasteiger partial charge in [0.15, 0.2) is 0 Å². The smallest absolute Gasteiger partial charge is 0.100 e. The Bertz CT molecular complexity index is 287. The summed E-state index contributed by atoms with van der Waals surface area (Å²) in [5.74, 6) is 0. The average molecular weight is 196 g/mol. The van der Waals surface area contributed by atoms with Crippen molar-refractivity contribution in [3.8, 4) is 0 Å². The van der Waals surface area contributed by atoms with Crippen molar-refractivity contribution in [3.05, 3.63) is 18.2 Å². The first-order chi connectivity index (χ1) is 6.79. The zero-order valence-electron chi connectivity index (χ0n) is 8.62. The van der Waals surface area contributed by atoms with Crippen molar-refractivity contribution >= 4 is 0 Å². The van der Waals surface area contributed by atoms with Crippen molar-refractivity contribution in [2.75, 3.05) is 0 Å². The Morgan fingerprint density at radius 3 is 2.71 bits per heavy atom. The molecule has 1 aromatic heterocycles. The summed E-state index contributed by atoms with van der Waals surface area (Å²) in [5, 5.41) is 0. The molecule has 2 rings (SSSR count). The average Bonchev–Trinajstić information content (AvgIpc) is 2.67. The van der Waals surface area contributed by atoms with Gasteiger partial charge in [-0.1, -0.05) is 6.92 Å². The number of hydrogen-bond donors (Lipinski definition) is 0. The Labute approximate surface area is 84.1 Å². The fourth-order valence-corrected chi connectivity index (χ4v) is 2.10. The van der Waals surface area contributed by atoms with Crippen LogP contribution in [0.4, 0.5) is 4.39 Å². The molecule has 0 unspecified atom stereocenters. The highest BCUT2D eigenvalue weighted by Gasteiger charge is 2.21. The minimum atomic E-state index is -0.569. The van der Waals surface area contributed by atoms with Crippen LogP contribution >= 0.6 is 0 Å². The fraction of sp³-hybridized carbons (Fsp3) is 0.727. The van der Waals surface area contributed by atoms with Gasteiger partial charge in [0.2, 0.25) is 0 Å². The molecule has 1 aliphatic rings. The summed E-state index contributed by atoms with van der Waals surface area (Å²) < 4.78 is 15.1. The summed E-state index contributed by atoms with van der Waals surface area (Å²) in [4.78, 5) is 4.30. The summed E-state index contributed by atoms with van der Waals surface area (Å²) in [6, 6.07) is 0.481. The Hall–Kier alpha value is -0.860. The molecule has 1 saturated carbocycles. The number of nitrogens with zero attached hydrogens (tertiary/aromatic N) is 2. The summed E-state index contributed by atoms with van der Waals surface area (Å²) in [6.07, 6.45) is 7.74. The highest BCUT2D eigenvalue weighted by Crippen LogP contribution is 2.29. The van der Waals surface area contributed by atoms with E-state index in [1.807, 2.05) is 6.33 Å². The minimum Gasteiger partial charge on any atom is -0.334 e. The Morgan fingerprint density at radius 1 is 1.43 bits per heavy atom. The molecule has 3 heteroatoms. The van der Waals surface area contributed by atoms with Crippen molar-refractivity contribution in [1.29, 1.82) is 0 Å². The van der Waals surface area contributed by atoms with Crippen molar-refractivity contribution < 1.29 is 4.39 Å². The lowest BCUT2D eigenvalue weighted by Gasteiger charge is -2.25. The second-order valence-corrected chi connectivity index (χ2v) is 4.07. The van der Waals surface area contributed by atoms with Crippen molar-refractivity contribution in [3.63, 3.8) is 0 Å². The molecule has 0 saturated heterocycles. The number of aromatic nitrogens is 2. The summed E-state index contributed by atoms with van der Waals surface area (Å²) >= 11 is 0. The van der Waals surface area contributed by atoms with Crippen LogP contribution in [0.5, 0.6) is 0 Å². The molecule has 1 aliphatic carbocycles. The van der Waals surface area contributed by atoms with Gasteiger partial charge in [0.1, 0.15) is 6.17 Å².